The number of hydrogen-bond donors (Lipinski definition) is 3. The number of rotatable bonds is 5. The van der Waals surface area contributed by atoms with Gasteiger partial charge in [-0.3, -0.25) is 14.2 Å². The summed E-state index contributed by atoms with van der Waals surface area (Å²) in [6, 6.07) is 0. The largest absolute Gasteiger partial charge is 0.479 e. The smallest absolute Gasteiger partial charge is 0.337 e. The highest BCUT2D eigenvalue weighted by Gasteiger charge is 2.30. The van der Waals surface area contributed by atoms with E-state index in [1.165, 1.54) is 4.57 Å². The van der Waals surface area contributed by atoms with E-state index in [4.69, 9.17) is 5.11 Å². The molecule has 0 aliphatic heterocycles. The number of carboxylic acids is 1. The molecule has 0 radical (unpaired) electrons. The monoisotopic (exact) mass is 274 g/mol. The van der Waals surface area contributed by atoms with E-state index in [1.54, 1.807) is 12.3 Å². The molecule has 1 rings (SSSR count). The first-order valence-electron chi connectivity index (χ1n) is 5.11. The Labute approximate surface area is 107 Å². The number of aryl methyl sites for hydroxylation is 1. The van der Waals surface area contributed by atoms with Crippen LogP contribution in [-0.4, -0.2) is 38.8 Å². The second kappa shape index (κ2) is 5.32. The second-order valence-corrected chi connectivity index (χ2v) is 4.91. The number of aliphatic hydroxyl groups is 1. The number of carbonyl (C=O) groups excluding carboxylic acids is 1. The molecule has 1 heterocycles. The van der Waals surface area contributed by atoms with Crippen molar-refractivity contribution in [2.45, 2.75) is 26.0 Å². The predicted octanol–water partition coefficient (Wildman–Crippen LogP) is -0.830. The molecule has 1 amide bonds. The maximum atomic E-state index is 11.5. The summed E-state index contributed by atoms with van der Waals surface area (Å²) in [6.45, 7) is 2.17. The van der Waals surface area contributed by atoms with Crippen molar-refractivity contribution in [3.05, 3.63) is 20.7 Å². The minimum Gasteiger partial charge on any atom is -0.479 e. The molecule has 1 aromatic rings. The summed E-state index contributed by atoms with van der Waals surface area (Å²) in [7, 11) is 0. The first-order valence-corrected chi connectivity index (χ1v) is 5.99. The van der Waals surface area contributed by atoms with Gasteiger partial charge in [0, 0.05) is 11.1 Å². The van der Waals surface area contributed by atoms with Gasteiger partial charge in [-0.15, -0.1) is 0 Å². The van der Waals surface area contributed by atoms with Crippen molar-refractivity contribution in [1.82, 2.24) is 9.88 Å². The Balaban J connectivity index is 2.59. The number of aromatic nitrogens is 1. The third-order valence-corrected chi connectivity index (χ3v) is 3.25. The fourth-order valence-corrected chi connectivity index (χ4v) is 1.88. The van der Waals surface area contributed by atoms with Gasteiger partial charge in [-0.05, 0) is 13.8 Å². The van der Waals surface area contributed by atoms with E-state index in [1.807, 2.05) is 0 Å². The predicted molar refractivity (Wildman–Crippen MR) is 64.6 cm³/mol. The van der Waals surface area contributed by atoms with Gasteiger partial charge in [-0.25, -0.2) is 4.79 Å². The van der Waals surface area contributed by atoms with Gasteiger partial charge in [0.1, 0.15) is 6.54 Å². The van der Waals surface area contributed by atoms with Crippen molar-refractivity contribution in [2.75, 3.05) is 6.54 Å². The minimum absolute atomic E-state index is 0.191. The van der Waals surface area contributed by atoms with E-state index >= 15 is 0 Å². The van der Waals surface area contributed by atoms with E-state index in [2.05, 4.69) is 5.32 Å². The van der Waals surface area contributed by atoms with Crippen LogP contribution in [0.15, 0.2) is 10.2 Å². The van der Waals surface area contributed by atoms with E-state index in [9.17, 15) is 19.5 Å². The van der Waals surface area contributed by atoms with Crippen molar-refractivity contribution in [3.63, 3.8) is 0 Å². The Morgan fingerprint density at radius 2 is 2.17 bits per heavy atom. The number of aliphatic carboxylic acids is 1. The summed E-state index contributed by atoms with van der Waals surface area (Å²) in [4.78, 5) is 33.2. The van der Waals surface area contributed by atoms with Crippen LogP contribution in [0.3, 0.4) is 0 Å². The lowest BCUT2D eigenvalue weighted by Gasteiger charge is -2.18. The molecule has 0 saturated carbocycles. The molecular formula is C10H14N2O5S. The Morgan fingerprint density at radius 3 is 2.61 bits per heavy atom. The third kappa shape index (κ3) is 3.41. The summed E-state index contributed by atoms with van der Waals surface area (Å²) in [5, 5.41) is 21.9. The summed E-state index contributed by atoms with van der Waals surface area (Å²) >= 11 is 0.985. The Kier molecular flexibility index (Phi) is 4.25. The Morgan fingerprint density at radius 1 is 1.56 bits per heavy atom. The maximum absolute atomic E-state index is 11.5. The van der Waals surface area contributed by atoms with E-state index in [-0.39, 0.29) is 11.4 Å². The van der Waals surface area contributed by atoms with E-state index in [0.717, 1.165) is 18.3 Å². The van der Waals surface area contributed by atoms with Crippen LogP contribution in [0.4, 0.5) is 0 Å². The lowest BCUT2D eigenvalue weighted by Crippen LogP contribution is -2.47. The van der Waals surface area contributed by atoms with Crippen molar-refractivity contribution in [2.24, 2.45) is 0 Å². The van der Waals surface area contributed by atoms with Crippen LogP contribution in [0, 0.1) is 6.92 Å². The van der Waals surface area contributed by atoms with Gasteiger partial charge >= 0.3 is 10.8 Å². The second-order valence-electron chi connectivity index (χ2n) is 4.08. The number of nitrogens with zero attached hydrogens (tertiary/aromatic N) is 1. The zero-order valence-electron chi connectivity index (χ0n) is 9.97. The van der Waals surface area contributed by atoms with Crippen LogP contribution in [0.1, 0.15) is 12.6 Å². The van der Waals surface area contributed by atoms with Crippen molar-refractivity contribution < 1.29 is 19.8 Å². The van der Waals surface area contributed by atoms with Crippen LogP contribution >= 0.6 is 11.3 Å². The first kappa shape index (κ1) is 14.4. The molecular weight excluding hydrogens is 260 g/mol. The number of thiazole rings is 1. The molecule has 18 heavy (non-hydrogen) atoms. The van der Waals surface area contributed by atoms with Gasteiger partial charge < -0.3 is 15.5 Å². The molecule has 0 aromatic carbocycles. The van der Waals surface area contributed by atoms with Crippen LogP contribution in [0.5, 0.6) is 0 Å². The maximum Gasteiger partial charge on any atom is 0.337 e. The van der Waals surface area contributed by atoms with Crippen LogP contribution in [0.2, 0.25) is 0 Å². The quantitative estimate of drug-likeness (QED) is 0.649. The van der Waals surface area contributed by atoms with Gasteiger partial charge in [-0.2, -0.15) is 0 Å². The number of carboxylic acid groups (broad SMARTS) is 1. The first-order chi connectivity index (χ1) is 8.24. The van der Waals surface area contributed by atoms with Gasteiger partial charge in [0.2, 0.25) is 5.91 Å². The number of hydrogen-bond acceptors (Lipinski definition) is 5. The normalized spacial score (nSPS) is 13.9. The minimum atomic E-state index is -2.02. The fourth-order valence-electron chi connectivity index (χ4n) is 1.14. The summed E-state index contributed by atoms with van der Waals surface area (Å²) in [5.74, 6) is -1.95. The van der Waals surface area contributed by atoms with E-state index in [0.29, 0.717) is 5.69 Å². The molecule has 1 aromatic heterocycles. The van der Waals surface area contributed by atoms with Crippen molar-refractivity contribution >= 4 is 23.2 Å². The Hall–Kier alpha value is -1.67. The van der Waals surface area contributed by atoms with Gasteiger partial charge in [-0.1, -0.05) is 11.3 Å². The molecule has 0 spiro atoms. The topological polar surface area (TPSA) is 109 Å². The van der Waals surface area contributed by atoms with E-state index < -0.39 is 24.0 Å². The number of carbonyl (C=O) groups is 2. The third-order valence-electron chi connectivity index (χ3n) is 2.37. The molecule has 7 nitrogen and oxygen atoms in total. The highest BCUT2D eigenvalue weighted by atomic mass is 32.1. The van der Waals surface area contributed by atoms with Crippen LogP contribution in [0.25, 0.3) is 0 Å². The van der Waals surface area contributed by atoms with Gasteiger partial charge in [0.25, 0.3) is 0 Å². The average Bonchev–Trinajstić information content (AvgIpc) is 2.58. The summed E-state index contributed by atoms with van der Waals surface area (Å²) < 4.78 is 1.27. The molecule has 0 saturated heterocycles. The van der Waals surface area contributed by atoms with Crippen LogP contribution in [-0.2, 0) is 16.1 Å². The highest BCUT2D eigenvalue weighted by Crippen LogP contribution is 2.02. The van der Waals surface area contributed by atoms with Crippen molar-refractivity contribution in [1.29, 1.82) is 0 Å². The number of amides is 1. The molecule has 0 aliphatic rings. The lowest BCUT2D eigenvalue weighted by atomic mass is 10.1. The average molecular weight is 274 g/mol. The fraction of sp³-hybridized carbons (Fsp3) is 0.500. The van der Waals surface area contributed by atoms with Gasteiger partial charge in [0.15, 0.2) is 5.60 Å². The molecule has 3 N–H and O–H groups in total. The molecule has 0 fully saturated rings. The van der Waals surface area contributed by atoms with Gasteiger partial charge in [0.05, 0.1) is 6.54 Å². The highest BCUT2D eigenvalue weighted by molar-refractivity contribution is 7.07. The van der Waals surface area contributed by atoms with Crippen LogP contribution < -0.4 is 10.2 Å². The molecule has 0 aliphatic carbocycles. The molecule has 8 heteroatoms. The standard InChI is InChI=1S/C10H14N2O5S/c1-6-4-18-9(16)12(6)3-7(13)11-5-10(2,17)8(14)15/h4,17H,3,5H2,1-2H3,(H,11,13)(H,14,15). The molecule has 1 atom stereocenters. The Bertz CT molecular complexity index is 517. The molecule has 0 bridgehead atoms. The number of nitrogens with one attached hydrogen (secondary N) is 1. The zero-order chi connectivity index (χ0) is 13.9. The SMILES string of the molecule is Cc1csc(=O)n1CC(=O)NCC(C)(O)C(=O)O. The van der Waals surface area contributed by atoms with Crippen molar-refractivity contribution in [3.8, 4) is 0 Å². The molecule has 1 unspecified atom stereocenters. The summed E-state index contributed by atoms with van der Waals surface area (Å²) in [6.07, 6.45) is 0. The lowest BCUT2D eigenvalue weighted by molar-refractivity contribution is -0.156. The zero-order valence-corrected chi connectivity index (χ0v) is 10.8. The molecule has 100 valence electrons. The summed E-state index contributed by atoms with van der Waals surface area (Å²) in [5.41, 5.74) is -1.37.